The minimum Gasteiger partial charge on any atom is -0.274 e. The normalized spacial score (nSPS) is 13.7. The summed E-state index contributed by atoms with van der Waals surface area (Å²) in [7, 11) is 0. The molecule has 4 rings (SSSR count). The van der Waals surface area contributed by atoms with Crippen LogP contribution in [0.25, 0.3) is 21.5 Å². The first-order chi connectivity index (χ1) is 13.2. The summed E-state index contributed by atoms with van der Waals surface area (Å²) in [6.45, 7) is 2.72. The molecule has 3 aromatic rings. The van der Waals surface area contributed by atoms with Gasteiger partial charge in [0.1, 0.15) is 0 Å². The van der Waals surface area contributed by atoms with Crippen LogP contribution >= 0.6 is 0 Å². The van der Waals surface area contributed by atoms with E-state index in [0.29, 0.717) is 17.7 Å². The van der Waals surface area contributed by atoms with E-state index in [1.54, 1.807) is 0 Å². The average Bonchev–Trinajstić information content (AvgIpc) is 2.91. The number of hydrogen-bond donors (Lipinski definition) is 0. The highest BCUT2D eigenvalue weighted by molar-refractivity contribution is 6.23. The van der Waals surface area contributed by atoms with Crippen molar-refractivity contribution >= 4 is 33.4 Å². The third kappa shape index (κ3) is 3.34. The second-order valence-electron chi connectivity index (χ2n) is 7.47. The highest BCUT2D eigenvalue weighted by atomic mass is 16.2. The topological polar surface area (TPSA) is 37.4 Å². The summed E-state index contributed by atoms with van der Waals surface area (Å²) in [5.41, 5.74) is 1.10. The summed E-state index contributed by atoms with van der Waals surface area (Å²) in [4.78, 5) is 27.0. The summed E-state index contributed by atoms with van der Waals surface area (Å²) < 4.78 is 0. The fourth-order valence-electron chi connectivity index (χ4n) is 3.98. The maximum absolute atomic E-state index is 12.8. The van der Waals surface area contributed by atoms with Gasteiger partial charge in [-0.3, -0.25) is 14.5 Å². The van der Waals surface area contributed by atoms with Gasteiger partial charge >= 0.3 is 0 Å². The minimum atomic E-state index is -0.140. The highest BCUT2D eigenvalue weighted by Gasteiger charge is 2.35. The van der Waals surface area contributed by atoms with Gasteiger partial charge in [-0.05, 0) is 52.2 Å². The molecule has 0 atom stereocenters. The van der Waals surface area contributed by atoms with E-state index in [1.807, 2.05) is 24.3 Å². The maximum Gasteiger partial charge on any atom is 0.261 e. The van der Waals surface area contributed by atoms with E-state index < -0.39 is 0 Å². The third-order valence-corrected chi connectivity index (χ3v) is 5.53. The van der Waals surface area contributed by atoms with Gasteiger partial charge in [-0.1, -0.05) is 63.3 Å². The molecule has 3 nitrogen and oxygen atoms in total. The molecule has 0 saturated heterocycles. The summed E-state index contributed by atoms with van der Waals surface area (Å²) in [6.07, 6.45) is 6.85. The van der Waals surface area contributed by atoms with Crippen molar-refractivity contribution in [3.8, 4) is 0 Å². The van der Waals surface area contributed by atoms with Crippen molar-refractivity contribution in [1.82, 2.24) is 4.90 Å². The number of carbonyl (C=O) groups excluding carboxylic acids is 2. The monoisotopic (exact) mass is 359 g/mol. The Morgan fingerprint density at radius 3 is 1.74 bits per heavy atom. The molecule has 0 unspecified atom stereocenters. The maximum atomic E-state index is 12.8. The molecule has 0 bridgehead atoms. The van der Waals surface area contributed by atoms with Crippen molar-refractivity contribution in [2.45, 2.75) is 45.4 Å². The zero-order chi connectivity index (χ0) is 18.8. The van der Waals surface area contributed by atoms with Crippen LogP contribution in [0.4, 0.5) is 0 Å². The molecule has 2 amide bonds. The lowest BCUT2D eigenvalue weighted by molar-refractivity contribution is 0.0651. The molecule has 0 aliphatic carbocycles. The number of hydrogen-bond acceptors (Lipinski definition) is 2. The number of nitrogens with zero attached hydrogens (tertiary/aromatic N) is 1. The second-order valence-corrected chi connectivity index (χ2v) is 7.47. The van der Waals surface area contributed by atoms with E-state index >= 15 is 0 Å². The van der Waals surface area contributed by atoms with Crippen LogP contribution in [0, 0.1) is 0 Å². The third-order valence-electron chi connectivity index (χ3n) is 5.53. The first-order valence-corrected chi connectivity index (χ1v) is 10.0. The van der Waals surface area contributed by atoms with Gasteiger partial charge in [0, 0.05) is 6.54 Å². The van der Waals surface area contributed by atoms with Crippen LogP contribution in [-0.4, -0.2) is 23.3 Å². The first kappa shape index (κ1) is 17.7. The van der Waals surface area contributed by atoms with Crippen LogP contribution in [0.3, 0.4) is 0 Å². The minimum absolute atomic E-state index is 0.140. The second kappa shape index (κ2) is 7.51. The smallest absolute Gasteiger partial charge is 0.261 e. The predicted molar refractivity (Wildman–Crippen MR) is 110 cm³/mol. The summed E-state index contributed by atoms with van der Waals surface area (Å²) >= 11 is 0. The number of unbranched alkanes of at least 4 members (excludes halogenated alkanes) is 5. The van der Waals surface area contributed by atoms with Gasteiger partial charge in [0.25, 0.3) is 11.8 Å². The largest absolute Gasteiger partial charge is 0.274 e. The SMILES string of the molecule is CCCCCCCCN1C(=O)c2cc3cc4ccccc4cc3cc2C1=O. The summed E-state index contributed by atoms with van der Waals surface area (Å²) in [5, 5.41) is 4.31. The van der Waals surface area contributed by atoms with Crippen LogP contribution in [0.1, 0.15) is 66.2 Å². The fourth-order valence-corrected chi connectivity index (χ4v) is 3.98. The van der Waals surface area contributed by atoms with Crippen molar-refractivity contribution in [1.29, 1.82) is 0 Å². The average molecular weight is 359 g/mol. The molecule has 1 heterocycles. The van der Waals surface area contributed by atoms with Crippen molar-refractivity contribution < 1.29 is 9.59 Å². The highest BCUT2D eigenvalue weighted by Crippen LogP contribution is 2.30. The zero-order valence-electron chi connectivity index (χ0n) is 15.8. The Balaban J connectivity index is 1.57. The van der Waals surface area contributed by atoms with Crippen molar-refractivity contribution in [2.75, 3.05) is 6.54 Å². The predicted octanol–water partition coefficient (Wildman–Crippen LogP) is 5.95. The first-order valence-electron chi connectivity index (χ1n) is 10.0. The van der Waals surface area contributed by atoms with Gasteiger partial charge in [-0.2, -0.15) is 0 Å². The quantitative estimate of drug-likeness (QED) is 0.297. The van der Waals surface area contributed by atoms with E-state index in [0.717, 1.165) is 34.4 Å². The number of imide groups is 1. The Hall–Kier alpha value is -2.68. The van der Waals surface area contributed by atoms with Gasteiger partial charge in [-0.15, -0.1) is 0 Å². The van der Waals surface area contributed by atoms with Crippen LogP contribution < -0.4 is 0 Å². The summed E-state index contributed by atoms with van der Waals surface area (Å²) in [5.74, 6) is -0.280. The molecule has 1 aliphatic rings. The molecular formula is C24H25NO2. The van der Waals surface area contributed by atoms with Crippen LogP contribution in [0.5, 0.6) is 0 Å². The van der Waals surface area contributed by atoms with E-state index in [9.17, 15) is 9.59 Å². The lowest BCUT2D eigenvalue weighted by atomic mass is 9.99. The number of rotatable bonds is 7. The van der Waals surface area contributed by atoms with Gasteiger partial charge in [0.05, 0.1) is 11.1 Å². The lowest BCUT2D eigenvalue weighted by Crippen LogP contribution is -2.30. The molecule has 0 aromatic heterocycles. The molecular weight excluding hydrogens is 334 g/mol. The molecule has 3 aromatic carbocycles. The van der Waals surface area contributed by atoms with E-state index in [-0.39, 0.29) is 11.8 Å². The van der Waals surface area contributed by atoms with Gasteiger partial charge in [0.15, 0.2) is 0 Å². The molecule has 1 aliphatic heterocycles. The number of fused-ring (bicyclic) bond motifs is 3. The molecule has 0 spiro atoms. The van der Waals surface area contributed by atoms with E-state index in [2.05, 4.69) is 31.2 Å². The van der Waals surface area contributed by atoms with Crippen molar-refractivity contribution in [2.24, 2.45) is 0 Å². The molecule has 27 heavy (non-hydrogen) atoms. The Bertz CT molecular complexity index is 947. The summed E-state index contributed by atoms with van der Waals surface area (Å²) in [6, 6.07) is 16.1. The molecule has 0 radical (unpaired) electrons. The van der Waals surface area contributed by atoms with Crippen LogP contribution in [-0.2, 0) is 0 Å². The fraction of sp³-hybridized carbons (Fsp3) is 0.333. The zero-order valence-corrected chi connectivity index (χ0v) is 15.8. The van der Waals surface area contributed by atoms with Gasteiger partial charge < -0.3 is 0 Å². The Morgan fingerprint density at radius 2 is 1.19 bits per heavy atom. The number of amides is 2. The van der Waals surface area contributed by atoms with Crippen LogP contribution in [0.2, 0.25) is 0 Å². The molecule has 0 fully saturated rings. The molecule has 0 N–H and O–H groups in total. The van der Waals surface area contributed by atoms with Crippen molar-refractivity contribution in [3.05, 3.63) is 59.7 Å². The van der Waals surface area contributed by atoms with E-state index in [1.165, 1.54) is 30.6 Å². The van der Waals surface area contributed by atoms with Crippen LogP contribution in [0.15, 0.2) is 48.5 Å². The van der Waals surface area contributed by atoms with Gasteiger partial charge in [0.2, 0.25) is 0 Å². The Kier molecular flexibility index (Phi) is 4.93. The standard InChI is InChI=1S/C24H25NO2/c1-2-3-4-5-6-9-12-25-23(26)21-15-19-13-17-10-7-8-11-18(17)14-20(19)16-22(21)24(25)27/h7-8,10-11,13-16H,2-6,9,12H2,1H3. The lowest BCUT2D eigenvalue weighted by Gasteiger charge is -2.13. The number of carbonyl (C=O) groups is 2. The number of benzene rings is 3. The Labute approximate surface area is 160 Å². The van der Waals surface area contributed by atoms with Gasteiger partial charge in [-0.25, -0.2) is 0 Å². The molecule has 3 heteroatoms. The van der Waals surface area contributed by atoms with E-state index in [4.69, 9.17) is 0 Å². The molecule has 138 valence electrons. The Morgan fingerprint density at radius 1 is 0.667 bits per heavy atom. The van der Waals surface area contributed by atoms with Crippen molar-refractivity contribution in [3.63, 3.8) is 0 Å². The molecule has 0 saturated carbocycles.